The third-order valence-electron chi connectivity index (χ3n) is 2.58. The zero-order valence-corrected chi connectivity index (χ0v) is 12.0. The van der Waals surface area contributed by atoms with Gasteiger partial charge in [-0.3, -0.25) is 0 Å². The van der Waals surface area contributed by atoms with Crippen LogP contribution in [0.1, 0.15) is 23.3 Å². The molecule has 0 atom stereocenters. The molecule has 0 amide bonds. The van der Waals surface area contributed by atoms with Crippen molar-refractivity contribution in [3.8, 4) is 5.75 Å². The first-order chi connectivity index (χ1) is 9.92. The highest BCUT2D eigenvalue weighted by atomic mass is 32.2. The summed E-state index contributed by atoms with van der Waals surface area (Å²) in [6.07, 6.45) is 0.908. The van der Waals surface area contributed by atoms with Crippen molar-refractivity contribution in [3.63, 3.8) is 0 Å². The number of carboxylic acids is 1. The third kappa shape index (κ3) is 3.60. The minimum Gasteiger partial charge on any atom is -0.494 e. The molecule has 0 radical (unpaired) electrons. The van der Waals surface area contributed by atoms with E-state index in [2.05, 4.69) is 4.98 Å². The Morgan fingerprint density at radius 2 is 2.00 bits per heavy atom. The molecule has 2 rings (SSSR count). The minimum absolute atomic E-state index is 0.0843. The lowest BCUT2D eigenvalue weighted by Gasteiger charge is -2.05. The van der Waals surface area contributed by atoms with Crippen LogP contribution in [0.2, 0.25) is 0 Å². The van der Waals surface area contributed by atoms with Crippen LogP contribution in [0, 0.1) is 0 Å². The van der Waals surface area contributed by atoms with E-state index in [-0.39, 0.29) is 16.5 Å². The molecule has 0 unspecified atom stereocenters. The number of oxazole rings is 1. The molecule has 0 saturated heterocycles. The van der Waals surface area contributed by atoms with E-state index >= 15 is 0 Å². The van der Waals surface area contributed by atoms with E-state index in [1.165, 1.54) is 12.1 Å². The Kier molecular flexibility index (Phi) is 4.27. The molecular weight excluding hydrogens is 298 g/mol. The van der Waals surface area contributed by atoms with Gasteiger partial charge in [-0.25, -0.2) is 18.2 Å². The molecule has 0 fully saturated rings. The normalized spacial score (nSPS) is 11.3. The second kappa shape index (κ2) is 5.96. The van der Waals surface area contributed by atoms with Gasteiger partial charge in [0, 0.05) is 0 Å². The summed E-state index contributed by atoms with van der Waals surface area (Å²) < 4.78 is 34.4. The summed E-state index contributed by atoms with van der Waals surface area (Å²) >= 11 is 0. The first-order valence-electron chi connectivity index (χ1n) is 6.05. The Bertz CT molecular complexity index is 732. The van der Waals surface area contributed by atoms with Crippen LogP contribution in [-0.2, 0) is 15.6 Å². The van der Waals surface area contributed by atoms with Gasteiger partial charge in [0.15, 0.2) is 15.5 Å². The van der Waals surface area contributed by atoms with Crippen LogP contribution in [-0.4, -0.2) is 31.1 Å². The molecular formula is C13H13NO6S. The fraction of sp³-hybridized carbons (Fsp3) is 0.231. The second-order valence-corrected chi connectivity index (χ2v) is 6.08. The van der Waals surface area contributed by atoms with Gasteiger partial charge >= 0.3 is 5.97 Å². The van der Waals surface area contributed by atoms with Gasteiger partial charge < -0.3 is 14.3 Å². The third-order valence-corrected chi connectivity index (χ3v) is 4.20. The maximum absolute atomic E-state index is 12.2. The maximum Gasteiger partial charge on any atom is 0.357 e. The zero-order valence-electron chi connectivity index (χ0n) is 11.1. The molecule has 1 heterocycles. The fourth-order valence-corrected chi connectivity index (χ4v) is 2.81. The van der Waals surface area contributed by atoms with Crippen molar-refractivity contribution in [2.75, 3.05) is 6.61 Å². The lowest BCUT2D eigenvalue weighted by Crippen LogP contribution is -2.06. The lowest BCUT2D eigenvalue weighted by atomic mass is 10.3. The Hall–Kier alpha value is -2.35. The number of nitrogens with zero attached hydrogens (tertiary/aromatic N) is 1. The van der Waals surface area contributed by atoms with Crippen molar-refractivity contribution in [3.05, 3.63) is 42.1 Å². The molecule has 8 heteroatoms. The second-order valence-electron chi connectivity index (χ2n) is 4.10. The molecule has 2 aromatic rings. The van der Waals surface area contributed by atoms with Gasteiger partial charge in [-0.15, -0.1) is 0 Å². The van der Waals surface area contributed by atoms with Gasteiger partial charge in [0.2, 0.25) is 5.89 Å². The zero-order chi connectivity index (χ0) is 15.5. The Morgan fingerprint density at radius 3 is 2.52 bits per heavy atom. The molecule has 0 spiro atoms. The Labute approximate surface area is 121 Å². The molecule has 0 bridgehead atoms. The van der Waals surface area contributed by atoms with Crippen molar-refractivity contribution in [1.29, 1.82) is 0 Å². The number of hydrogen-bond acceptors (Lipinski definition) is 6. The van der Waals surface area contributed by atoms with E-state index in [1.807, 2.05) is 6.92 Å². The number of aromatic nitrogens is 1. The van der Waals surface area contributed by atoms with E-state index in [1.54, 1.807) is 12.1 Å². The fourth-order valence-electron chi connectivity index (χ4n) is 1.63. The van der Waals surface area contributed by atoms with Crippen LogP contribution in [0.3, 0.4) is 0 Å². The monoisotopic (exact) mass is 311 g/mol. The SMILES string of the molecule is CCOc1ccc(S(=O)(=O)Cc2nc(C(=O)O)co2)cc1. The predicted molar refractivity (Wildman–Crippen MR) is 72.0 cm³/mol. The number of carboxylic acid groups (broad SMARTS) is 1. The van der Waals surface area contributed by atoms with Crippen LogP contribution in [0.25, 0.3) is 0 Å². The van der Waals surface area contributed by atoms with Gasteiger partial charge in [0.05, 0.1) is 11.5 Å². The average molecular weight is 311 g/mol. The molecule has 1 N–H and O–H groups in total. The number of aromatic carboxylic acids is 1. The molecule has 7 nitrogen and oxygen atoms in total. The van der Waals surface area contributed by atoms with E-state index in [0.717, 1.165) is 6.26 Å². The van der Waals surface area contributed by atoms with E-state index in [9.17, 15) is 13.2 Å². The number of sulfone groups is 1. The average Bonchev–Trinajstić information content (AvgIpc) is 2.88. The van der Waals surface area contributed by atoms with Crippen molar-refractivity contribution in [2.24, 2.45) is 0 Å². The van der Waals surface area contributed by atoms with E-state index in [4.69, 9.17) is 14.3 Å². The van der Waals surface area contributed by atoms with Crippen molar-refractivity contribution >= 4 is 15.8 Å². The van der Waals surface area contributed by atoms with Gasteiger partial charge in [-0.2, -0.15) is 0 Å². The van der Waals surface area contributed by atoms with Crippen LogP contribution in [0.15, 0.2) is 39.8 Å². The first kappa shape index (κ1) is 15.0. The molecule has 1 aromatic carbocycles. The largest absolute Gasteiger partial charge is 0.494 e. The predicted octanol–water partition coefficient (Wildman–Crippen LogP) is 1.75. The highest BCUT2D eigenvalue weighted by molar-refractivity contribution is 7.90. The van der Waals surface area contributed by atoms with Gasteiger partial charge in [-0.05, 0) is 31.2 Å². The van der Waals surface area contributed by atoms with Crippen LogP contribution >= 0.6 is 0 Å². The van der Waals surface area contributed by atoms with E-state index in [0.29, 0.717) is 12.4 Å². The van der Waals surface area contributed by atoms with Gasteiger partial charge in [-0.1, -0.05) is 0 Å². The number of rotatable bonds is 6. The van der Waals surface area contributed by atoms with Gasteiger partial charge in [0.25, 0.3) is 0 Å². The number of hydrogen-bond donors (Lipinski definition) is 1. The highest BCUT2D eigenvalue weighted by Crippen LogP contribution is 2.20. The Morgan fingerprint density at radius 1 is 1.33 bits per heavy atom. The molecule has 0 aliphatic heterocycles. The first-order valence-corrected chi connectivity index (χ1v) is 7.71. The van der Waals surface area contributed by atoms with Crippen LogP contribution in [0.4, 0.5) is 0 Å². The summed E-state index contributed by atoms with van der Waals surface area (Å²) in [7, 11) is -3.66. The number of ether oxygens (including phenoxy) is 1. The minimum atomic E-state index is -3.66. The van der Waals surface area contributed by atoms with Crippen LogP contribution < -0.4 is 4.74 Å². The number of carbonyl (C=O) groups is 1. The van der Waals surface area contributed by atoms with Crippen LogP contribution in [0.5, 0.6) is 5.75 Å². The summed E-state index contributed by atoms with van der Waals surface area (Å²) in [4.78, 5) is 14.3. The molecule has 1 aromatic heterocycles. The molecule has 21 heavy (non-hydrogen) atoms. The highest BCUT2D eigenvalue weighted by Gasteiger charge is 2.20. The summed E-state index contributed by atoms with van der Waals surface area (Å²) in [6, 6.07) is 5.94. The quantitative estimate of drug-likeness (QED) is 0.865. The molecule has 0 aliphatic carbocycles. The topological polar surface area (TPSA) is 107 Å². The standard InChI is InChI=1S/C13H13NO6S/c1-2-19-9-3-5-10(6-4-9)21(17,18)8-12-14-11(7-20-12)13(15)16/h3-7H,2,8H2,1H3,(H,15,16). The Balaban J connectivity index is 2.18. The van der Waals surface area contributed by atoms with Gasteiger partial charge in [0.1, 0.15) is 17.8 Å². The van der Waals surface area contributed by atoms with Crippen molar-refractivity contribution < 1.29 is 27.5 Å². The van der Waals surface area contributed by atoms with E-state index < -0.39 is 21.6 Å². The summed E-state index contributed by atoms with van der Waals surface area (Å²) in [6.45, 7) is 2.31. The van der Waals surface area contributed by atoms with Crippen molar-refractivity contribution in [1.82, 2.24) is 4.98 Å². The number of benzene rings is 1. The lowest BCUT2D eigenvalue weighted by molar-refractivity contribution is 0.0690. The summed E-state index contributed by atoms with van der Waals surface area (Å²) in [5, 5.41) is 8.71. The molecule has 0 saturated carbocycles. The maximum atomic E-state index is 12.2. The smallest absolute Gasteiger partial charge is 0.357 e. The molecule has 112 valence electrons. The van der Waals surface area contributed by atoms with Crippen molar-refractivity contribution in [2.45, 2.75) is 17.6 Å². The molecule has 0 aliphatic rings. The summed E-state index contributed by atoms with van der Waals surface area (Å²) in [5.74, 6) is -1.38. The summed E-state index contributed by atoms with van der Waals surface area (Å²) in [5.41, 5.74) is -0.327.